The fraction of sp³-hybridized carbons (Fsp3) is 0.308. The Kier molecular flexibility index (Phi) is 2.37. The Balaban J connectivity index is 1.73. The second kappa shape index (κ2) is 3.89. The van der Waals surface area contributed by atoms with Crippen LogP contribution in [0, 0.1) is 0 Å². The molecule has 4 N–H and O–H groups in total. The molecule has 2 aromatic rings. The monoisotopic (exact) mass is 229 g/mol. The Morgan fingerprint density at radius 3 is 3.00 bits per heavy atom. The molecule has 0 spiro atoms. The summed E-state index contributed by atoms with van der Waals surface area (Å²) in [6.45, 7) is 0. The molecule has 0 radical (unpaired) electrons. The Bertz CT molecular complexity index is 561. The van der Waals surface area contributed by atoms with Crippen LogP contribution in [0.2, 0.25) is 0 Å². The molecule has 17 heavy (non-hydrogen) atoms. The van der Waals surface area contributed by atoms with Crippen LogP contribution in [0.3, 0.4) is 0 Å². The third-order valence-electron chi connectivity index (χ3n) is 3.21. The molecule has 4 nitrogen and oxygen atoms in total. The number of hydrogen-bond donors (Lipinski definition) is 3. The Labute approximate surface area is 99.2 Å². The van der Waals surface area contributed by atoms with Gasteiger partial charge in [-0.25, -0.2) is 0 Å². The minimum Gasteiger partial charge on any atom is -0.361 e. The van der Waals surface area contributed by atoms with Crippen molar-refractivity contribution in [2.24, 2.45) is 5.73 Å². The summed E-state index contributed by atoms with van der Waals surface area (Å²) in [6.07, 6.45) is 3.21. The van der Waals surface area contributed by atoms with Crippen molar-refractivity contribution in [1.29, 1.82) is 0 Å². The van der Waals surface area contributed by atoms with Gasteiger partial charge in [0.25, 0.3) is 0 Å². The zero-order valence-electron chi connectivity index (χ0n) is 9.44. The van der Waals surface area contributed by atoms with Crippen LogP contribution < -0.4 is 11.1 Å². The number of nitrogens with two attached hydrogens (primary N) is 1. The van der Waals surface area contributed by atoms with E-state index in [1.54, 1.807) is 0 Å². The summed E-state index contributed by atoms with van der Waals surface area (Å²) >= 11 is 0. The second-order valence-corrected chi connectivity index (χ2v) is 4.61. The molecule has 1 aliphatic rings. The number of rotatable bonds is 3. The fourth-order valence-electron chi connectivity index (χ4n) is 2.09. The van der Waals surface area contributed by atoms with Gasteiger partial charge in [-0.1, -0.05) is 18.2 Å². The predicted molar refractivity (Wildman–Crippen MR) is 66.5 cm³/mol. The Morgan fingerprint density at radius 2 is 2.24 bits per heavy atom. The first-order chi connectivity index (χ1) is 8.24. The molecule has 1 heterocycles. The zero-order valence-corrected chi connectivity index (χ0v) is 9.44. The first-order valence-corrected chi connectivity index (χ1v) is 5.84. The highest BCUT2D eigenvalue weighted by molar-refractivity contribution is 5.89. The van der Waals surface area contributed by atoms with Gasteiger partial charge in [0.1, 0.15) is 0 Å². The van der Waals surface area contributed by atoms with Crippen molar-refractivity contribution in [3.05, 3.63) is 36.0 Å². The smallest absolute Gasteiger partial charge is 0.224 e. The molecule has 0 saturated heterocycles. The van der Waals surface area contributed by atoms with E-state index in [2.05, 4.69) is 10.3 Å². The number of carbonyl (C=O) groups is 1. The molecule has 4 heteroatoms. The van der Waals surface area contributed by atoms with Gasteiger partial charge in [-0.15, -0.1) is 0 Å². The van der Waals surface area contributed by atoms with Gasteiger partial charge in [-0.2, -0.15) is 0 Å². The number of aromatic nitrogens is 1. The molecule has 2 atom stereocenters. The van der Waals surface area contributed by atoms with Gasteiger partial charge in [-0.05, 0) is 18.1 Å². The normalized spacial score (nSPS) is 22.6. The second-order valence-electron chi connectivity index (χ2n) is 4.61. The highest BCUT2D eigenvalue weighted by Crippen LogP contribution is 2.20. The van der Waals surface area contributed by atoms with Crippen LogP contribution in [0.4, 0.5) is 0 Å². The molecular formula is C13H15N3O. The van der Waals surface area contributed by atoms with Crippen molar-refractivity contribution in [2.45, 2.75) is 24.9 Å². The van der Waals surface area contributed by atoms with Gasteiger partial charge in [0.15, 0.2) is 0 Å². The largest absolute Gasteiger partial charge is 0.361 e. The lowest BCUT2D eigenvalue weighted by atomic mass is 10.1. The molecule has 3 rings (SSSR count). The summed E-state index contributed by atoms with van der Waals surface area (Å²) in [5.41, 5.74) is 7.76. The standard InChI is InChI=1S/C13H15N3O/c14-10-6-12(10)16-13(17)5-8-7-15-11-4-2-1-3-9(8)11/h1-4,7,10,12,15H,5-6,14H2,(H,16,17). The number of H-pyrrole nitrogens is 1. The van der Waals surface area contributed by atoms with E-state index in [1.165, 1.54) is 0 Å². The third kappa shape index (κ3) is 2.03. The third-order valence-corrected chi connectivity index (χ3v) is 3.21. The molecule has 1 aliphatic carbocycles. The number of aromatic amines is 1. The average Bonchev–Trinajstić information content (AvgIpc) is 2.86. The van der Waals surface area contributed by atoms with Gasteiger partial charge in [0.05, 0.1) is 6.42 Å². The summed E-state index contributed by atoms with van der Waals surface area (Å²) in [5.74, 6) is 0.0488. The van der Waals surface area contributed by atoms with Crippen molar-refractivity contribution in [2.75, 3.05) is 0 Å². The highest BCUT2D eigenvalue weighted by Gasteiger charge is 2.34. The van der Waals surface area contributed by atoms with Crippen LogP contribution in [-0.4, -0.2) is 23.0 Å². The van der Waals surface area contributed by atoms with E-state index in [0.29, 0.717) is 6.42 Å². The topological polar surface area (TPSA) is 70.9 Å². The van der Waals surface area contributed by atoms with Gasteiger partial charge >= 0.3 is 0 Å². The summed E-state index contributed by atoms with van der Waals surface area (Å²) in [5, 5.41) is 4.04. The van der Waals surface area contributed by atoms with Gasteiger partial charge in [0.2, 0.25) is 5.91 Å². The maximum absolute atomic E-state index is 11.8. The molecule has 1 amide bonds. The summed E-state index contributed by atoms with van der Waals surface area (Å²) < 4.78 is 0. The van der Waals surface area contributed by atoms with Crippen LogP contribution in [0.1, 0.15) is 12.0 Å². The molecule has 1 aromatic heterocycles. The van der Waals surface area contributed by atoms with Crippen molar-refractivity contribution < 1.29 is 4.79 Å². The van der Waals surface area contributed by atoms with Crippen molar-refractivity contribution in [1.82, 2.24) is 10.3 Å². The minimum atomic E-state index is 0.0488. The molecule has 1 aromatic carbocycles. The van der Waals surface area contributed by atoms with E-state index in [4.69, 9.17) is 5.73 Å². The van der Waals surface area contributed by atoms with E-state index >= 15 is 0 Å². The SMILES string of the molecule is NC1CC1NC(=O)Cc1c[nH]c2ccccc12. The Hall–Kier alpha value is -1.81. The van der Waals surface area contributed by atoms with E-state index in [0.717, 1.165) is 22.9 Å². The number of hydrogen-bond acceptors (Lipinski definition) is 2. The molecule has 1 saturated carbocycles. The number of fused-ring (bicyclic) bond motifs is 1. The first kappa shape index (κ1) is 10.4. The van der Waals surface area contributed by atoms with Crippen LogP contribution in [0.15, 0.2) is 30.5 Å². The molecule has 0 aliphatic heterocycles. The molecule has 88 valence electrons. The Morgan fingerprint density at radius 1 is 1.47 bits per heavy atom. The first-order valence-electron chi connectivity index (χ1n) is 5.84. The number of carbonyl (C=O) groups excluding carboxylic acids is 1. The van der Waals surface area contributed by atoms with Gasteiger partial charge in [0, 0.05) is 29.2 Å². The van der Waals surface area contributed by atoms with Crippen LogP contribution in [-0.2, 0) is 11.2 Å². The molecule has 2 unspecified atom stereocenters. The maximum atomic E-state index is 11.8. The number of para-hydroxylation sites is 1. The van der Waals surface area contributed by atoms with E-state index < -0.39 is 0 Å². The van der Waals surface area contributed by atoms with E-state index in [1.807, 2.05) is 30.5 Å². The van der Waals surface area contributed by atoms with E-state index in [-0.39, 0.29) is 18.0 Å². The van der Waals surface area contributed by atoms with Gasteiger partial charge < -0.3 is 16.0 Å². The highest BCUT2D eigenvalue weighted by atomic mass is 16.1. The summed E-state index contributed by atoms with van der Waals surface area (Å²) in [4.78, 5) is 14.9. The maximum Gasteiger partial charge on any atom is 0.224 e. The summed E-state index contributed by atoms with van der Waals surface area (Å²) in [6, 6.07) is 8.33. The average molecular weight is 229 g/mol. The lowest BCUT2D eigenvalue weighted by Crippen LogP contribution is -2.30. The van der Waals surface area contributed by atoms with Crippen molar-refractivity contribution in [3.8, 4) is 0 Å². The fourth-order valence-corrected chi connectivity index (χ4v) is 2.09. The zero-order chi connectivity index (χ0) is 11.8. The number of nitrogens with one attached hydrogen (secondary N) is 2. The van der Waals surface area contributed by atoms with Crippen LogP contribution in [0.5, 0.6) is 0 Å². The number of benzene rings is 1. The predicted octanol–water partition coefficient (Wildman–Crippen LogP) is 0.926. The van der Waals surface area contributed by atoms with Gasteiger partial charge in [-0.3, -0.25) is 4.79 Å². The van der Waals surface area contributed by atoms with Crippen molar-refractivity contribution >= 4 is 16.8 Å². The molecule has 1 fully saturated rings. The lowest BCUT2D eigenvalue weighted by molar-refractivity contribution is -0.120. The van der Waals surface area contributed by atoms with Crippen molar-refractivity contribution in [3.63, 3.8) is 0 Å². The number of amides is 1. The van der Waals surface area contributed by atoms with E-state index in [9.17, 15) is 4.79 Å². The molecular weight excluding hydrogens is 214 g/mol. The lowest BCUT2D eigenvalue weighted by Gasteiger charge is -2.02. The van der Waals surface area contributed by atoms with Crippen LogP contribution >= 0.6 is 0 Å². The quantitative estimate of drug-likeness (QED) is 0.732. The summed E-state index contributed by atoms with van der Waals surface area (Å²) in [7, 11) is 0. The molecule has 0 bridgehead atoms. The van der Waals surface area contributed by atoms with Crippen LogP contribution in [0.25, 0.3) is 10.9 Å². The minimum absolute atomic E-state index is 0.0488.